The molecule has 1 aromatic heterocycles. The van der Waals surface area contributed by atoms with Crippen LogP contribution < -0.4 is 0 Å². The minimum atomic E-state index is 0.194. The molecule has 0 saturated carbocycles. The predicted octanol–water partition coefficient (Wildman–Crippen LogP) is 4.72. The number of benzene rings is 1. The number of thiazole rings is 1. The van der Waals surface area contributed by atoms with Crippen LogP contribution in [0.15, 0.2) is 24.4 Å². The third-order valence-corrected chi connectivity index (χ3v) is 3.97. The minimum absolute atomic E-state index is 0.194. The van der Waals surface area contributed by atoms with E-state index < -0.39 is 0 Å². The molecule has 0 radical (unpaired) electrons. The number of hydrogen-bond acceptors (Lipinski definition) is 2. The Hall–Kier alpha value is -1.15. The van der Waals surface area contributed by atoms with Crippen molar-refractivity contribution in [3.05, 3.63) is 40.5 Å². The monoisotopic (exact) mass is 245 g/mol. The molecular formula is C15H19NS. The molecule has 17 heavy (non-hydrogen) atoms. The van der Waals surface area contributed by atoms with E-state index in [1.807, 2.05) is 6.20 Å². The van der Waals surface area contributed by atoms with Gasteiger partial charge in [-0.25, -0.2) is 4.98 Å². The number of hydrogen-bond donors (Lipinski definition) is 0. The summed E-state index contributed by atoms with van der Waals surface area (Å²) in [6, 6.07) is 6.57. The molecule has 0 aliphatic carbocycles. The maximum atomic E-state index is 4.34. The molecule has 1 aromatic carbocycles. The van der Waals surface area contributed by atoms with Gasteiger partial charge in [-0.3, -0.25) is 0 Å². The van der Waals surface area contributed by atoms with Gasteiger partial charge < -0.3 is 0 Å². The van der Waals surface area contributed by atoms with Gasteiger partial charge in [0.05, 0.1) is 9.88 Å². The van der Waals surface area contributed by atoms with Crippen molar-refractivity contribution in [1.29, 1.82) is 0 Å². The number of rotatable bonds is 1. The summed E-state index contributed by atoms with van der Waals surface area (Å²) in [5.74, 6) is 0. The highest BCUT2D eigenvalue weighted by Crippen LogP contribution is 2.34. The van der Waals surface area contributed by atoms with Crippen molar-refractivity contribution < 1.29 is 0 Å². The van der Waals surface area contributed by atoms with Crippen molar-refractivity contribution in [2.45, 2.75) is 40.0 Å². The second kappa shape index (κ2) is 4.26. The number of nitrogens with zero attached hydrogens (tertiary/aromatic N) is 1. The largest absolute Gasteiger partial charge is 0.249 e. The van der Waals surface area contributed by atoms with Crippen molar-refractivity contribution in [2.75, 3.05) is 0 Å². The van der Waals surface area contributed by atoms with Gasteiger partial charge in [0, 0.05) is 6.20 Å². The molecular weight excluding hydrogens is 226 g/mol. The van der Waals surface area contributed by atoms with Gasteiger partial charge in [-0.2, -0.15) is 0 Å². The Morgan fingerprint density at radius 2 is 1.82 bits per heavy atom. The maximum Gasteiger partial charge on any atom is 0.0900 e. The van der Waals surface area contributed by atoms with E-state index in [2.05, 4.69) is 57.8 Å². The van der Waals surface area contributed by atoms with Gasteiger partial charge in [0.25, 0.3) is 0 Å². The summed E-state index contributed by atoms with van der Waals surface area (Å²) in [4.78, 5) is 5.61. The Kier molecular flexibility index (Phi) is 3.09. The minimum Gasteiger partial charge on any atom is -0.249 e. The van der Waals surface area contributed by atoms with E-state index in [4.69, 9.17) is 0 Å². The summed E-state index contributed by atoms with van der Waals surface area (Å²) in [7, 11) is 0. The normalized spacial score (nSPS) is 11.8. The molecule has 2 aromatic rings. The maximum absolute atomic E-state index is 4.34. The van der Waals surface area contributed by atoms with Crippen molar-refractivity contribution >= 4 is 11.3 Å². The lowest BCUT2D eigenvalue weighted by atomic mass is 9.82. The SMILES string of the molecule is Cc1ncc(-c2cccc(C(C)(C)C)c2C)s1. The molecule has 0 N–H and O–H groups in total. The first-order valence-corrected chi connectivity index (χ1v) is 6.74. The lowest BCUT2D eigenvalue weighted by molar-refractivity contribution is 0.586. The van der Waals surface area contributed by atoms with Crippen LogP contribution in [0.25, 0.3) is 10.4 Å². The average Bonchev–Trinajstić information content (AvgIpc) is 2.63. The third kappa shape index (κ3) is 2.42. The first-order valence-electron chi connectivity index (χ1n) is 5.92. The van der Waals surface area contributed by atoms with Gasteiger partial charge >= 0.3 is 0 Å². The highest BCUT2D eigenvalue weighted by atomic mass is 32.1. The number of aryl methyl sites for hydroxylation is 1. The van der Waals surface area contributed by atoms with E-state index in [-0.39, 0.29) is 5.41 Å². The molecule has 0 amide bonds. The van der Waals surface area contributed by atoms with Gasteiger partial charge in [0.1, 0.15) is 0 Å². The Bertz CT molecular complexity index is 532. The standard InChI is InChI=1S/C15H19NS/c1-10-12(14-9-16-11(2)17-14)7-6-8-13(10)15(3,4)5/h6-9H,1-5H3. The van der Waals surface area contributed by atoms with Crippen molar-refractivity contribution in [1.82, 2.24) is 4.98 Å². The summed E-state index contributed by atoms with van der Waals surface area (Å²) in [5.41, 5.74) is 4.31. The quantitative estimate of drug-likeness (QED) is 0.708. The molecule has 0 aliphatic rings. The van der Waals surface area contributed by atoms with E-state index in [1.54, 1.807) is 11.3 Å². The zero-order valence-electron chi connectivity index (χ0n) is 11.2. The fraction of sp³-hybridized carbons (Fsp3) is 0.400. The summed E-state index contributed by atoms with van der Waals surface area (Å²) in [6.45, 7) is 11.0. The highest BCUT2D eigenvalue weighted by Gasteiger charge is 2.18. The van der Waals surface area contributed by atoms with Crippen LogP contribution in [0, 0.1) is 13.8 Å². The van der Waals surface area contributed by atoms with Gasteiger partial charge in [-0.15, -0.1) is 11.3 Å². The smallest absolute Gasteiger partial charge is 0.0900 e. The highest BCUT2D eigenvalue weighted by molar-refractivity contribution is 7.15. The molecule has 1 heterocycles. The zero-order chi connectivity index (χ0) is 12.6. The molecule has 0 spiro atoms. The molecule has 0 fully saturated rings. The van der Waals surface area contributed by atoms with Gasteiger partial charge in [0.2, 0.25) is 0 Å². The Morgan fingerprint density at radius 3 is 2.35 bits per heavy atom. The van der Waals surface area contributed by atoms with E-state index in [0.717, 1.165) is 5.01 Å². The van der Waals surface area contributed by atoms with Crippen LogP contribution >= 0.6 is 11.3 Å². The summed E-state index contributed by atoms with van der Waals surface area (Å²) in [5, 5.41) is 1.13. The average molecular weight is 245 g/mol. The van der Waals surface area contributed by atoms with E-state index in [0.29, 0.717) is 0 Å². The lowest BCUT2D eigenvalue weighted by Gasteiger charge is -2.23. The third-order valence-electron chi connectivity index (χ3n) is 3.03. The molecule has 90 valence electrons. The van der Waals surface area contributed by atoms with Gasteiger partial charge in [0.15, 0.2) is 0 Å². The van der Waals surface area contributed by atoms with Crippen molar-refractivity contribution in [2.24, 2.45) is 0 Å². The predicted molar refractivity (Wildman–Crippen MR) is 75.7 cm³/mol. The molecule has 0 bridgehead atoms. The molecule has 2 rings (SSSR count). The Balaban J connectivity index is 2.57. The van der Waals surface area contributed by atoms with Crippen LogP contribution in [-0.4, -0.2) is 4.98 Å². The van der Waals surface area contributed by atoms with E-state index >= 15 is 0 Å². The lowest BCUT2D eigenvalue weighted by Crippen LogP contribution is -2.13. The van der Waals surface area contributed by atoms with Crippen LogP contribution in [-0.2, 0) is 5.41 Å². The Labute approximate surface area is 108 Å². The summed E-state index contributed by atoms with van der Waals surface area (Å²) in [6.07, 6.45) is 1.98. The topological polar surface area (TPSA) is 12.9 Å². The van der Waals surface area contributed by atoms with Crippen LogP contribution in [0.2, 0.25) is 0 Å². The van der Waals surface area contributed by atoms with Crippen molar-refractivity contribution in [3.63, 3.8) is 0 Å². The fourth-order valence-electron chi connectivity index (χ4n) is 2.20. The van der Waals surface area contributed by atoms with Gasteiger partial charge in [-0.05, 0) is 36.0 Å². The fourth-order valence-corrected chi connectivity index (χ4v) is 3.06. The molecule has 1 nitrogen and oxygen atoms in total. The molecule has 0 saturated heterocycles. The zero-order valence-corrected chi connectivity index (χ0v) is 12.0. The van der Waals surface area contributed by atoms with Crippen LogP contribution in [0.5, 0.6) is 0 Å². The molecule has 2 heteroatoms. The van der Waals surface area contributed by atoms with E-state index in [1.165, 1.54) is 21.6 Å². The second-order valence-electron chi connectivity index (χ2n) is 5.47. The molecule has 0 unspecified atom stereocenters. The first-order chi connectivity index (χ1) is 7.89. The molecule has 0 atom stereocenters. The first kappa shape index (κ1) is 12.3. The Morgan fingerprint density at radius 1 is 1.12 bits per heavy atom. The van der Waals surface area contributed by atoms with Gasteiger partial charge in [-0.1, -0.05) is 39.0 Å². The summed E-state index contributed by atoms with van der Waals surface area (Å²) < 4.78 is 0. The van der Waals surface area contributed by atoms with Crippen molar-refractivity contribution in [3.8, 4) is 10.4 Å². The van der Waals surface area contributed by atoms with Crippen LogP contribution in [0.1, 0.15) is 36.9 Å². The van der Waals surface area contributed by atoms with Crippen LogP contribution in [0.3, 0.4) is 0 Å². The van der Waals surface area contributed by atoms with E-state index in [9.17, 15) is 0 Å². The summed E-state index contributed by atoms with van der Waals surface area (Å²) >= 11 is 1.76. The second-order valence-corrected chi connectivity index (χ2v) is 6.71. The molecule has 0 aliphatic heterocycles. The number of aromatic nitrogens is 1. The van der Waals surface area contributed by atoms with Crippen LogP contribution in [0.4, 0.5) is 0 Å².